The number of anilines is 1. The van der Waals surface area contributed by atoms with E-state index in [0.29, 0.717) is 39.0 Å². The number of para-hydroxylation sites is 2. The molecule has 0 saturated carbocycles. The number of nitrogens with zero attached hydrogens (tertiary/aromatic N) is 3. The summed E-state index contributed by atoms with van der Waals surface area (Å²) in [5.41, 5.74) is 1.25. The van der Waals surface area contributed by atoms with Crippen LogP contribution in [0.25, 0.3) is 11.4 Å². The summed E-state index contributed by atoms with van der Waals surface area (Å²) < 4.78 is 7.39. The molecule has 3 rings (SSSR count). The highest BCUT2D eigenvalue weighted by molar-refractivity contribution is 8.00. The summed E-state index contributed by atoms with van der Waals surface area (Å²) in [5, 5.41) is 12.4. The largest absolute Gasteiger partial charge is 0.496 e. The molecule has 1 amide bonds. The van der Waals surface area contributed by atoms with Gasteiger partial charge in [0.15, 0.2) is 11.0 Å². The van der Waals surface area contributed by atoms with Crippen molar-refractivity contribution in [1.82, 2.24) is 14.8 Å². The number of carbonyl (C=O) groups is 1. The van der Waals surface area contributed by atoms with E-state index in [1.165, 1.54) is 11.8 Å². The van der Waals surface area contributed by atoms with Crippen LogP contribution in [0.5, 0.6) is 5.75 Å². The molecule has 1 N–H and O–H groups in total. The van der Waals surface area contributed by atoms with Gasteiger partial charge in [0, 0.05) is 6.54 Å². The standard InChI is InChI=1S/C20H20Cl2N4O2S/c1-4-26-18(13-8-5-6-11-16(13)28-3)24-25-20(26)29-12(2)19(27)23-17-14(21)9-7-10-15(17)22/h5-12H,4H2,1-3H3,(H,23,27). The van der Waals surface area contributed by atoms with E-state index in [4.69, 9.17) is 27.9 Å². The van der Waals surface area contributed by atoms with Gasteiger partial charge in [-0.25, -0.2) is 0 Å². The van der Waals surface area contributed by atoms with Gasteiger partial charge in [-0.1, -0.05) is 53.2 Å². The molecule has 9 heteroatoms. The van der Waals surface area contributed by atoms with Crippen LogP contribution >= 0.6 is 35.0 Å². The number of hydrogen-bond acceptors (Lipinski definition) is 5. The van der Waals surface area contributed by atoms with Crippen LogP contribution in [0.3, 0.4) is 0 Å². The second kappa shape index (κ2) is 9.52. The molecule has 0 saturated heterocycles. The van der Waals surface area contributed by atoms with Crippen LogP contribution in [0, 0.1) is 0 Å². The number of halogens is 2. The predicted molar refractivity (Wildman–Crippen MR) is 118 cm³/mol. The number of carbonyl (C=O) groups excluding carboxylic acids is 1. The summed E-state index contributed by atoms with van der Waals surface area (Å²) in [5.74, 6) is 1.18. The summed E-state index contributed by atoms with van der Waals surface area (Å²) in [6.45, 7) is 4.44. The maximum Gasteiger partial charge on any atom is 0.237 e. The summed E-state index contributed by atoms with van der Waals surface area (Å²) in [7, 11) is 1.62. The Balaban J connectivity index is 1.81. The molecule has 0 spiro atoms. The molecule has 0 aliphatic carbocycles. The molecule has 1 aromatic heterocycles. The van der Waals surface area contributed by atoms with Crippen LogP contribution in [0.1, 0.15) is 13.8 Å². The van der Waals surface area contributed by atoms with Crippen molar-refractivity contribution in [3.63, 3.8) is 0 Å². The van der Waals surface area contributed by atoms with Gasteiger partial charge in [-0.15, -0.1) is 10.2 Å². The van der Waals surface area contributed by atoms with Crippen molar-refractivity contribution in [2.75, 3.05) is 12.4 Å². The van der Waals surface area contributed by atoms with E-state index >= 15 is 0 Å². The van der Waals surface area contributed by atoms with Crippen molar-refractivity contribution in [1.29, 1.82) is 0 Å². The normalized spacial score (nSPS) is 11.9. The predicted octanol–water partition coefficient (Wildman–Crippen LogP) is 5.40. The molecule has 29 heavy (non-hydrogen) atoms. The van der Waals surface area contributed by atoms with E-state index in [9.17, 15) is 4.79 Å². The highest BCUT2D eigenvalue weighted by atomic mass is 35.5. The molecule has 3 aromatic rings. The van der Waals surface area contributed by atoms with Crippen molar-refractivity contribution >= 4 is 46.6 Å². The third kappa shape index (κ3) is 4.69. The van der Waals surface area contributed by atoms with E-state index in [-0.39, 0.29) is 5.91 Å². The van der Waals surface area contributed by atoms with E-state index in [2.05, 4.69) is 15.5 Å². The van der Waals surface area contributed by atoms with Crippen molar-refractivity contribution in [2.45, 2.75) is 30.8 Å². The Bertz CT molecular complexity index is 1010. The molecule has 1 heterocycles. The third-order valence-electron chi connectivity index (χ3n) is 4.24. The van der Waals surface area contributed by atoms with Gasteiger partial charge in [-0.3, -0.25) is 4.79 Å². The van der Waals surface area contributed by atoms with Crippen LogP contribution < -0.4 is 10.1 Å². The SMILES string of the molecule is CCn1c(SC(C)C(=O)Nc2c(Cl)cccc2Cl)nnc1-c1ccccc1OC. The van der Waals surface area contributed by atoms with Gasteiger partial charge in [-0.05, 0) is 38.1 Å². The number of nitrogens with one attached hydrogen (secondary N) is 1. The number of aromatic nitrogens is 3. The Hall–Kier alpha value is -2.22. The van der Waals surface area contributed by atoms with Crippen LogP contribution in [0.2, 0.25) is 10.0 Å². The van der Waals surface area contributed by atoms with Crippen molar-refractivity contribution in [2.24, 2.45) is 0 Å². The lowest BCUT2D eigenvalue weighted by Gasteiger charge is -2.14. The first-order chi connectivity index (χ1) is 14.0. The first-order valence-corrected chi connectivity index (χ1v) is 10.6. The average molecular weight is 451 g/mol. The number of rotatable bonds is 7. The van der Waals surface area contributed by atoms with Gasteiger partial charge in [0.1, 0.15) is 5.75 Å². The number of hydrogen-bond donors (Lipinski definition) is 1. The van der Waals surface area contributed by atoms with Gasteiger partial charge < -0.3 is 14.6 Å². The van der Waals surface area contributed by atoms with E-state index in [0.717, 1.165) is 5.56 Å². The van der Waals surface area contributed by atoms with Crippen LogP contribution in [-0.2, 0) is 11.3 Å². The first kappa shape index (κ1) is 21.5. The van der Waals surface area contributed by atoms with Gasteiger partial charge in [0.05, 0.1) is 33.7 Å². The zero-order valence-corrected chi connectivity index (χ0v) is 18.5. The van der Waals surface area contributed by atoms with Crippen LogP contribution in [0.4, 0.5) is 5.69 Å². The highest BCUT2D eigenvalue weighted by Crippen LogP contribution is 2.33. The van der Waals surface area contributed by atoms with Crippen LogP contribution in [0.15, 0.2) is 47.6 Å². The summed E-state index contributed by atoms with van der Waals surface area (Å²) in [4.78, 5) is 12.7. The van der Waals surface area contributed by atoms with E-state index in [1.54, 1.807) is 32.2 Å². The molecular weight excluding hydrogens is 431 g/mol. The lowest BCUT2D eigenvalue weighted by atomic mass is 10.2. The Labute approximate surface area is 183 Å². The number of methoxy groups -OCH3 is 1. The Kier molecular flexibility index (Phi) is 7.05. The minimum atomic E-state index is -0.442. The van der Waals surface area contributed by atoms with Gasteiger partial charge in [-0.2, -0.15) is 0 Å². The smallest absolute Gasteiger partial charge is 0.237 e. The Morgan fingerprint density at radius 1 is 1.17 bits per heavy atom. The molecule has 1 atom stereocenters. The summed E-state index contributed by atoms with van der Waals surface area (Å²) >= 11 is 13.6. The highest BCUT2D eigenvalue weighted by Gasteiger charge is 2.22. The summed E-state index contributed by atoms with van der Waals surface area (Å²) in [6.07, 6.45) is 0. The van der Waals surface area contributed by atoms with Crippen molar-refractivity contribution < 1.29 is 9.53 Å². The number of ether oxygens (including phenoxy) is 1. The van der Waals surface area contributed by atoms with Crippen molar-refractivity contribution in [3.8, 4) is 17.1 Å². The van der Waals surface area contributed by atoms with E-state index < -0.39 is 5.25 Å². The first-order valence-electron chi connectivity index (χ1n) is 8.94. The number of benzene rings is 2. The lowest BCUT2D eigenvalue weighted by Crippen LogP contribution is -2.23. The molecule has 6 nitrogen and oxygen atoms in total. The Morgan fingerprint density at radius 2 is 1.86 bits per heavy atom. The monoisotopic (exact) mass is 450 g/mol. The van der Waals surface area contributed by atoms with Gasteiger partial charge in [0.2, 0.25) is 5.91 Å². The molecule has 2 aromatic carbocycles. The summed E-state index contributed by atoms with van der Waals surface area (Å²) in [6, 6.07) is 12.7. The topological polar surface area (TPSA) is 69.0 Å². The van der Waals surface area contributed by atoms with Gasteiger partial charge >= 0.3 is 0 Å². The fourth-order valence-corrected chi connectivity index (χ4v) is 4.15. The minimum absolute atomic E-state index is 0.227. The second-order valence-electron chi connectivity index (χ2n) is 6.10. The Morgan fingerprint density at radius 3 is 2.52 bits per heavy atom. The zero-order chi connectivity index (χ0) is 21.0. The molecule has 0 radical (unpaired) electrons. The fourth-order valence-electron chi connectivity index (χ4n) is 2.74. The fraction of sp³-hybridized carbons (Fsp3) is 0.250. The number of thioether (sulfide) groups is 1. The molecular formula is C20H20Cl2N4O2S. The lowest BCUT2D eigenvalue weighted by molar-refractivity contribution is -0.115. The quantitative estimate of drug-likeness (QED) is 0.487. The third-order valence-corrected chi connectivity index (χ3v) is 5.95. The molecule has 152 valence electrons. The molecule has 0 bridgehead atoms. The zero-order valence-electron chi connectivity index (χ0n) is 16.1. The molecule has 0 aliphatic heterocycles. The molecule has 0 aliphatic rings. The van der Waals surface area contributed by atoms with E-state index in [1.807, 2.05) is 35.8 Å². The number of amides is 1. The van der Waals surface area contributed by atoms with Crippen molar-refractivity contribution in [3.05, 3.63) is 52.5 Å². The van der Waals surface area contributed by atoms with Crippen LogP contribution in [-0.4, -0.2) is 33.0 Å². The van der Waals surface area contributed by atoms with Gasteiger partial charge in [0.25, 0.3) is 0 Å². The minimum Gasteiger partial charge on any atom is -0.496 e. The maximum atomic E-state index is 12.7. The average Bonchev–Trinajstić information content (AvgIpc) is 3.12. The second-order valence-corrected chi connectivity index (χ2v) is 8.22. The maximum absolute atomic E-state index is 12.7. The molecule has 0 fully saturated rings. The molecule has 1 unspecified atom stereocenters.